The van der Waals surface area contributed by atoms with E-state index in [9.17, 15) is 9.90 Å². The molecule has 0 aliphatic carbocycles. The second-order valence-electron chi connectivity index (χ2n) is 15.1. The van der Waals surface area contributed by atoms with E-state index < -0.39 is 0 Å². The number of nitrogens with zero attached hydrogens (tertiary/aromatic N) is 4. The Morgan fingerprint density at radius 3 is 2.24 bits per heavy atom. The number of benzene rings is 3. The normalized spacial score (nSPS) is 11.7. The molecule has 303 valence electrons. The third kappa shape index (κ3) is 10.3. The molecule has 7 aromatic rings. The molecule has 0 atom stereocenters. The number of hydrogen-bond donors (Lipinski definition) is 1. The van der Waals surface area contributed by atoms with Gasteiger partial charge in [0, 0.05) is 67.4 Å². The van der Waals surface area contributed by atoms with Crippen LogP contribution in [0.25, 0.3) is 55.5 Å². The van der Waals surface area contributed by atoms with Crippen LogP contribution in [0.1, 0.15) is 102 Å². The predicted molar refractivity (Wildman–Crippen MR) is 232 cm³/mol. The molecule has 0 aliphatic rings. The zero-order chi connectivity index (χ0) is 40.5. The Morgan fingerprint density at radius 1 is 0.810 bits per heavy atom. The molecule has 0 bridgehead atoms. The zero-order valence-electron chi connectivity index (χ0n) is 34.7. The molecule has 7 rings (SSSR count). The molecule has 8 heteroatoms. The van der Waals surface area contributed by atoms with E-state index in [2.05, 4.69) is 72.3 Å². The maximum absolute atomic E-state index is 11.7. The summed E-state index contributed by atoms with van der Waals surface area (Å²) in [6.45, 7) is 14.5. The van der Waals surface area contributed by atoms with Gasteiger partial charge in [-0.25, -0.2) is 9.97 Å². The Morgan fingerprint density at radius 2 is 1.57 bits per heavy atom. The number of ketones is 1. The van der Waals surface area contributed by atoms with Gasteiger partial charge in [-0.2, -0.15) is 0 Å². The predicted octanol–water partition coefficient (Wildman–Crippen LogP) is 12.7. The van der Waals surface area contributed by atoms with Gasteiger partial charge in [0.2, 0.25) is 5.71 Å². The average molecular weight is 951 g/mol. The molecule has 7 nitrogen and oxygen atoms in total. The van der Waals surface area contributed by atoms with Crippen molar-refractivity contribution >= 4 is 38.8 Å². The van der Waals surface area contributed by atoms with Crippen LogP contribution in [0.4, 0.5) is 0 Å². The summed E-state index contributed by atoms with van der Waals surface area (Å²) in [5.41, 5.74) is 9.33. The zero-order valence-corrected chi connectivity index (χ0v) is 37.1. The van der Waals surface area contributed by atoms with Crippen molar-refractivity contribution in [2.24, 2.45) is 11.8 Å². The number of carbonyl (C=O) groups is 1. The van der Waals surface area contributed by atoms with Crippen molar-refractivity contribution in [1.82, 2.24) is 19.9 Å². The third-order valence-electron chi connectivity index (χ3n) is 10.9. The van der Waals surface area contributed by atoms with Crippen LogP contribution in [0.5, 0.6) is 0 Å². The summed E-state index contributed by atoms with van der Waals surface area (Å²) >= 11 is 0. The molecule has 4 heterocycles. The van der Waals surface area contributed by atoms with Gasteiger partial charge in [-0.15, -0.1) is 54.1 Å². The molecular weight excluding hydrogens is 897 g/mol. The maximum atomic E-state index is 11.7. The van der Waals surface area contributed by atoms with Gasteiger partial charge in [0.25, 0.3) is 0 Å². The fraction of sp³-hybridized carbons (Fsp3) is 0.340. The topological polar surface area (TPSA) is 102 Å². The molecule has 1 radical (unpaired) electrons. The standard InChI is InChI=1S/C37H30N4O.C13H24O2.Ir/c1-23(2)27-17-19-30-33(21-27)40-34(14-7-9-25-16-20-32(38-22-25)26-10-5-4-6-11-26)41-35(30)31-13-8-12-28-29-18-15-24(3)39-37(29)42-36(28)31;1-5-10(6-2)12(14)9-13(15)11(7-3)8-4;/h4-6,8,10,12,15-23H,7,9,14H2,1-3H3;9-11,14H,5-8H2,1-4H3;/q-2;;/b;12-9-;. The Kier molecular flexibility index (Phi) is 15.6. The fourth-order valence-corrected chi connectivity index (χ4v) is 7.26. The van der Waals surface area contributed by atoms with Gasteiger partial charge in [-0.05, 0) is 91.8 Å². The van der Waals surface area contributed by atoms with Gasteiger partial charge in [-0.1, -0.05) is 76.8 Å². The minimum absolute atomic E-state index is 0. The molecule has 0 aliphatic heterocycles. The Hall–Kier alpha value is -5.04. The number of pyridine rings is 2. The summed E-state index contributed by atoms with van der Waals surface area (Å²) in [5.74, 6) is 1.77. The average Bonchev–Trinajstić information content (AvgIpc) is 3.60. The second-order valence-corrected chi connectivity index (χ2v) is 15.1. The summed E-state index contributed by atoms with van der Waals surface area (Å²) in [6.07, 6.45) is 9.42. The first-order chi connectivity index (χ1) is 27.6. The SMILES string of the molecule is CCC(CC)C(=O)/C=C(\O)C(CC)CC.Cc1ccc2c(n1)oc1c(-c3nc(CCCc4ccc(-c5[c-]cccc5)nc4)nc4cc(C(C)C)ccc34)[c-]ccc12.[Ir]. The van der Waals surface area contributed by atoms with Crippen LogP contribution in [0.2, 0.25) is 0 Å². The number of aryl methyl sites for hydroxylation is 3. The number of rotatable bonds is 14. The van der Waals surface area contributed by atoms with Gasteiger partial charge in [-0.3, -0.25) is 9.78 Å². The smallest absolute Gasteiger partial charge is 0.216 e. The third-order valence-corrected chi connectivity index (χ3v) is 10.9. The molecule has 0 amide bonds. The minimum Gasteiger partial charge on any atom is -0.512 e. The van der Waals surface area contributed by atoms with Gasteiger partial charge in [0.15, 0.2) is 5.78 Å². The minimum atomic E-state index is 0. The van der Waals surface area contributed by atoms with Crippen molar-refractivity contribution in [3.8, 4) is 22.5 Å². The fourth-order valence-electron chi connectivity index (χ4n) is 7.26. The molecule has 3 aromatic carbocycles. The number of fused-ring (bicyclic) bond motifs is 4. The molecule has 4 aromatic heterocycles. The molecule has 1 N–H and O–H groups in total. The van der Waals surface area contributed by atoms with Crippen molar-refractivity contribution < 1.29 is 34.4 Å². The van der Waals surface area contributed by atoms with Gasteiger partial charge >= 0.3 is 0 Å². The first-order valence-electron chi connectivity index (χ1n) is 20.5. The first kappa shape index (κ1) is 44.1. The summed E-state index contributed by atoms with van der Waals surface area (Å²) < 4.78 is 6.34. The largest absolute Gasteiger partial charge is 0.512 e. The van der Waals surface area contributed by atoms with E-state index in [-0.39, 0.29) is 43.5 Å². The van der Waals surface area contributed by atoms with Gasteiger partial charge in [0.1, 0.15) is 5.82 Å². The van der Waals surface area contributed by atoms with Crippen LogP contribution >= 0.6 is 0 Å². The van der Waals surface area contributed by atoms with E-state index in [1.54, 1.807) is 0 Å². The summed E-state index contributed by atoms with van der Waals surface area (Å²) in [6, 6.07) is 33.4. The number of aromatic nitrogens is 4. The van der Waals surface area contributed by atoms with E-state index in [0.717, 1.165) is 106 Å². The summed E-state index contributed by atoms with van der Waals surface area (Å²) in [5, 5.41) is 12.8. The van der Waals surface area contributed by atoms with Crippen LogP contribution in [-0.4, -0.2) is 30.8 Å². The summed E-state index contributed by atoms with van der Waals surface area (Å²) in [4.78, 5) is 31.2. The second kappa shape index (κ2) is 20.6. The Balaban J connectivity index is 0.000000344. The molecular formula is C50H54IrN4O3-2. The molecule has 58 heavy (non-hydrogen) atoms. The van der Waals surface area contributed by atoms with Gasteiger partial charge < -0.3 is 14.5 Å². The van der Waals surface area contributed by atoms with Crippen molar-refractivity contribution in [2.75, 3.05) is 0 Å². The van der Waals surface area contributed by atoms with Crippen LogP contribution in [0.15, 0.2) is 101 Å². The van der Waals surface area contributed by atoms with Crippen molar-refractivity contribution in [3.05, 3.63) is 132 Å². The quantitative estimate of drug-likeness (QED) is 0.0658. The first-order valence-corrected chi connectivity index (χ1v) is 20.5. The number of aliphatic hydroxyl groups is 1. The monoisotopic (exact) mass is 951 g/mol. The number of carbonyl (C=O) groups excluding carboxylic acids is 1. The number of aliphatic hydroxyl groups excluding tert-OH is 1. The van der Waals surface area contributed by atoms with Crippen molar-refractivity contribution in [2.45, 2.75) is 99.3 Å². The van der Waals surface area contributed by atoms with E-state index >= 15 is 0 Å². The summed E-state index contributed by atoms with van der Waals surface area (Å²) in [7, 11) is 0. The van der Waals surface area contributed by atoms with E-state index in [1.165, 1.54) is 17.2 Å². The maximum Gasteiger partial charge on any atom is 0.216 e. The van der Waals surface area contributed by atoms with E-state index in [1.807, 2.05) is 83.3 Å². The number of allylic oxidation sites excluding steroid dienone is 2. The van der Waals surface area contributed by atoms with Crippen molar-refractivity contribution in [3.63, 3.8) is 0 Å². The number of hydrogen-bond acceptors (Lipinski definition) is 7. The van der Waals surface area contributed by atoms with Crippen molar-refractivity contribution in [1.29, 1.82) is 0 Å². The van der Waals surface area contributed by atoms with Gasteiger partial charge in [0.05, 0.1) is 16.9 Å². The van der Waals surface area contributed by atoms with Crippen LogP contribution < -0.4 is 0 Å². The molecule has 0 spiro atoms. The van der Waals surface area contributed by atoms with E-state index in [0.29, 0.717) is 11.6 Å². The molecule has 0 saturated heterocycles. The molecule has 0 unspecified atom stereocenters. The molecule has 0 fully saturated rings. The Bertz CT molecular complexity index is 2470. The Labute approximate surface area is 356 Å². The van der Waals surface area contributed by atoms with Crippen LogP contribution in [0.3, 0.4) is 0 Å². The van der Waals surface area contributed by atoms with Crippen LogP contribution in [-0.2, 0) is 37.7 Å². The van der Waals surface area contributed by atoms with Crippen LogP contribution in [0, 0.1) is 30.9 Å². The van der Waals surface area contributed by atoms with E-state index in [4.69, 9.17) is 14.4 Å². The molecule has 0 saturated carbocycles. The number of furan rings is 1.